The van der Waals surface area contributed by atoms with Crippen LogP contribution in [0.2, 0.25) is 5.15 Å². The lowest BCUT2D eigenvalue weighted by molar-refractivity contribution is -0.234. The summed E-state index contributed by atoms with van der Waals surface area (Å²) in [6.45, 7) is 5.98. The maximum absolute atomic E-state index is 6.75. The van der Waals surface area contributed by atoms with Crippen LogP contribution in [0.15, 0.2) is 30.6 Å². The molecule has 1 saturated heterocycles. The maximum Gasteiger partial charge on any atom is 0.180 e. The molecule has 1 aliphatic heterocycles. The molecule has 1 aromatic carbocycles. The van der Waals surface area contributed by atoms with E-state index in [0.29, 0.717) is 36.0 Å². The number of halogens is 1. The molecule has 2 aromatic heterocycles. The highest BCUT2D eigenvalue weighted by Crippen LogP contribution is 2.57. The summed E-state index contributed by atoms with van der Waals surface area (Å²) in [5.74, 6) is 0.835. The quantitative estimate of drug-likeness (QED) is 0.513. The molecular weight excluding hydrogens is 412 g/mol. The van der Waals surface area contributed by atoms with Crippen molar-refractivity contribution in [3.63, 3.8) is 0 Å². The predicted molar refractivity (Wildman–Crippen MR) is 118 cm³/mol. The third-order valence-electron chi connectivity index (χ3n) is 7.84. The van der Waals surface area contributed by atoms with Gasteiger partial charge in [0.25, 0.3) is 0 Å². The van der Waals surface area contributed by atoms with Gasteiger partial charge in [0, 0.05) is 28.7 Å². The van der Waals surface area contributed by atoms with Crippen LogP contribution in [0.1, 0.15) is 44.4 Å². The molecule has 1 saturated carbocycles. The van der Waals surface area contributed by atoms with Crippen LogP contribution in [-0.4, -0.2) is 38.9 Å². The first-order valence-electron chi connectivity index (χ1n) is 11.1. The number of hydrogen-bond donors (Lipinski definition) is 0. The maximum atomic E-state index is 6.75. The van der Waals surface area contributed by atoms with Gasteiger partial charge in [-0.2, -0.15) is 0 Å². The van der Waals surface area contributed by atoms with Crippen molar-refractivity contribution < 1.29 is 9.47 Å². The smallest absolute Gasteiger partial charge is 0.180 e. The summed E-state index contributed by atoms with van der Waals surface area (Å²) < 4.78 is 12.3. The lowest BCUT2D eigenvalue weighted by Gasteiger charge is -2.54. The van der Waals surface area contributed by atoms with Crippen molar-refractivity contribution >= 4 is 22.5 Å². The zero-order valence-electron chi connectivity index (χ0n) is 17.8. The van der Waals surface area contributed by atoms with Crippen molar-refractivity contribution in [2.75, 3.05) is 13.2 Å². The zero-order chi connectivity index (χ0) is 21.2. The van der Waals surface area contributed by atoms with Crippen molar-refractivity contribution in [2.45, 2.75) is 50.7 Å². The van der Waals surface area contributed by atoms with Crippen LogP contribution >= 0.6 is 11.6 Å². The van der Waals surface area contributed by atoms with E-state index in [1.807, 2.05) is 24.3 Å². The number of aromatic nitrogens is 4. The Bertz CT molecular complexity index is 1170. The third kappa shape index (κ3) is 2.78. The van der Waals surface area contributed by atoms with Crippen molar-refractivity contribution in [2.24, 2.45) is 11.8 Å². The molecule has 0 N–H and O–H groups in total. The van der Waals surface area contributed by atoms with Crippen LogP contribution in [0.25, 0.3) is 22.4 Å². The van der Waals surface area contributed by atoms with Crippen molar-refractivity contribution in [1.82, 2.24) is 19.9 Å². The Hall–Kier alpha value is -2.15. The van der Waals surface area contributed by atoms with E-state index in [2.05, 4.69) is 28.8 Å². The molecule has 0 radical (unpaired) electrons. The van der Waals surface area contributed by atoms with E-state index in [1.165, 1.54) is 0 Å². The number of hydrogen-bond acceptors (Lipinski definition) is 6. The van der Waals surface area contributed by atoms with Gasteiger partial charge in [-0.25, -0.2) is 19.9 Å². The van der Waals surface area contributed by atoms with Gasteiger partial charge in [-0.3, -0.25) is 0 Å². The second-order valence-corrected chi connectivity index (χ2v) is 9.62. The summed E-state index contributed by atoms with van der Waals surface area (Å²) in [5, 5.41) is 1.48. The van der Waals surface area contributed by atoms with Gasteiger partial charge in [0.2, 0.25) is 0 Å². The standard InChI is InChI=1S/C24H25ClN4O2/c1-14-17-8-7-16-20(23(17,2)9-10-24(14)30-11-12-31-24)28-22(29-21(16)25)19-15-5-3-4-6-18(15)26-13-27-19/h3-6,13-14,17H,7-12H2,1-2H3/t14-,17-,23-/m1/s1. The largest absolute Gasteiger partial charge is 0.347 e. The average Bonchev–Trinajstić information content (AvgIpc) is 3.27. The monoisotopic (exact) mass is 436 g/mol. The second-order valence-electron chi connectivity index (χ2n) is 9.26. The minimum Gasteiger partial charge on any atom is -0.347 e. The normalized spacial score (nSPS) is 29.1. The van der Waals surface area contributed by atoms with Crippen LogP contribution in [0, 0.1) is 11.8 Å². The average molecular weight is 437 g/mol. The van der Waals surface area contributed by atoms with Crippen molar-refractivity contribution in [3.05, 3.63) is 47.0 Å². The molecule has 2 fully saturated rings. The molecule has 0 amide bonds. The van der Waals surface area contributed by atoms with Gasteiger partial charge < -0.3 is 9.47 Å². The molecule has 3 atom stereocenters. The van der Waals surface area contributed by atoms with E-state index in [0.717, 1.165) is 53.5 Å². The summed E-state index contributed by atoms with van der Waals surface area (Å²) in [4.78, 5) is 18.7. The second kappa shape index (κ2) is 6.92. The highest BCUT2D eigenvalue weighted by molar-refractivity contribution is 6.30. The molecule has 6 rings (SSSR count). The minimum absolute atomic E-state index is 0.0995. The van der Waals surface area contributed by atoms with Gasteiger partial charge in [-0.05, 0) is 31.2 Å². The van der Waals surface area contributed by atoms with Crippen LogP contribution in [0.4, 0.5) is 0 Å². The topological polar surface area (TPSA) is 70.0 Å². The zero-order valence-corrected chi connectivity index (χ0v) is 18.5. The molecule has 3 aliphatic rings. The highest BCUT2D eigenvalue weighted by atomic mass is 35.5. The molecule has 3 aromatic rings. The fourth-order valence-corrected chi connectivity index (χ4v) is 6.45. The molecule has 3 heterocycles. The van der Waals surface area contributed by atoms with Crippen molar-refractivity contribution in [1.29, 1.82) is 0 Å². The van der Waals surface area contributed by atoms with Crippen LogP contribution in [0.3, 0.4) is 0 Å². The first kappa shape index (κ1) is 19.5. The Labute approximate surface area is 186 Å². The summed E-state index contributed by atoms with van der Waals surface area (Å²) in [6.07, 6.45) is 5.30. The Balaban J connectivity index is 1.49. The highest BCUT2D eigenvalue weighted by Gasteiger charge is 2.57. The van der Waals surface area contributed by atoms with Gasteiger partial charge in [0.15, 0.2) is 11.6 Å². The minimum atomic E-state index is -0.440. The molecule has 31 heavy (non-hydrogen) atoms. The molecular formula is C24H25ClN4O2. The molecule has 2 aliphatic carbocycles. The Morgan fingerprint density at radius 3 is 2.71 bits per heavy atom. The third-order valence-corrected chi connectivity index (χ3v) is 8.15. The van der Waals surface area contributed by atoms with Crippen molar-refractivity contribution in [3.8, 4) is 11.5 Å². The Morgan fingerprint density at radius 2 is 1.87 bits per heavy atom. The summed E-state index contributed by atoms with van der Waals surface area (Å²) in [7, 11) is 0. The van der Waals surface area contributed by atoms with Gasteiger partial charge in [-0.15, -0.1) is 0 Å². The van der Waals surface area contributed by atoms with E-state index < -0.39 is 5.79 Å². The number of rotatable bonds is 1. The first-order valence-corrected chi connectivity index (χ1v) is 11.4. The molecule has 0 unspecified atom stereocenters. The van der Waals surface area contributed by atoms with E-state index in [1.54, 1.807) is 6.33 Å². The Morgan fingerprint density at radius 1 is 1.06 bits per heavy atom. The van der Waals surface area contributed by atoms with Gasteiger partial charge in [-0.1, -0.05) is 43.6 Å². The number of para-hydroxylation sites is 1. The summed E-state index contributed by atoms with van der Waals surface area (Å²) in [6, 6.07) is 7.93. The molecule has 0 bridgehead atoms. The van der Waals surface area contributed by atoms with Crippen LogP contribution in [0.5, 0.6) is 0 Å². The molecule has 7 heteroatoms. The lowest BCUT2D eigenvalue weighted by atomic mass is 9.55. The van der Waals surface area contributed by atoms with E-state index in [-0.39, 0.29) is 5.41 Å². The van der Waals surface area contributed by atoms with Crippen LogP contribution in [-0.2, 0) is 21.3 Å². The fraction of sp³-hybridized carbons (Fsp3) is 0.500. The van der Waals surface area contributed by atoms with Gasteiger partial charge in [0.05, 0.1) is 24.4 Å². The number of benzene rings is 1. The predicted octanol–water partition coefficient (Wildman–Crippen LogP) is 4.73. The molecule has 1 spiro atoms. The lowest BCUT2D eigenvalue weighted by Crippen LogP contribution is -2.55. The number of fused-ring (bicyclic) bond motifs is 4. The number of nitrogens with zero attached hydrogens (tertiary/aromatic N) is 4. The van der Waals surface area contributed by atoms with E-state index >= 15 is 0 Å². The number of ether oxygens (including phenoxy) is 2. The first-order chi connectivity index (χ1) is 15.0. The summed E-state index contributed by atoms with van der Waals surface area (Å²) in [5.41, 5.74) is 3.65. The van der Waals surface area contributed by atoms with Gasteiger partial charge >= 0.3 is 0 Å². The van der Waals surface area contributed by atoms with Gasteiger partial charge in [0.1, 0.15) is 17.2 Å². The fourth-order valence-electron chi connectivity index (χ4n) is 6.18. The van der Waals surface area contributed by atoms with E-state index in [9.17, 15) is 0 Å². The Kier molecular flexibility index (Phi) is 4.36. The van der Waals surface area contributed by atoms with E-state index in [4.69, 9.17) is 26.1 Å². The molecule has 6 nitrogen and oxygen atoms in total. The molecule has 160 valence electrons. The summed E-state index contributed by atoms with van der Waals surface area (Å²) >= 11 is 6.75. The van der Waals surface area contributed by atoms with Crippen LogP contribution < -0.4 is 0 Å². The SMILES string of the molecule is C[C@@H]1[C@H]2CCc3c(Cl)nc(-c4ncnc5ccccc45)nc3[C@]2(C)CCC12OCCO2.